The molecule has 0 radical (unpaired) electrons. The van der Waals surface area contributed by atoms with Crippen molar-refractivity contribution in [3.05, 3.63) is 0 Å². The molecule has 0 aliphatic carbocycles. The largest absolute Gasteiger partial charge is 0.481 e. The second-order valence-corrected chi connectivity index (χ2v) is 5.14. The Kier molecular flexibility index (Phi) is 4.93. The SMILES string of the molecule is CC(C)C(N)C(=O)N1CCC(CC(=O)O)CC1. The fraction of sp³-hybridized carbons (Fsp3) is 0.833. The van der Waals surface area contributed by atoms with E-state index in [1.807, 2.05) is 13.8 Å². The molecule has 1 amide bonds. The molecule has 5 heteroatoms. The van der Waals surface area contributed by atoms with Crippen LogP contribution < -0.4 is 5.73 Å². The maximum atomic E-state index is 12.0. The third kappa shape index (κ3) is 4.00. The van der Waals surface area contributed by atoms with Gasteiger partial charge in [0.15, 0.2) is 0 Å². The third-order valence-electron chi connectivity index (χ3n) is 3.39. The van der Waals surface area contributed by atoms with Crippen LogP contribution in [0.2, 0.25) is 0 Å². The van der Waals surface area contributed by atoms with Crippen LogP contribution in [0.3, 0.4) is 0 Å². The van der Waals surface area contributed by atoms with Crippen LogP contribution >= 0.6 is 0 Å². The lowest BCUT2D eigenvalue weighted by atomic mass is 9.92. The van der Waals surface area contributed by atoms with Gasteiger partial charge in [-0.3, -0.25) is 9.59 Å². The minimum Gasteiger partial charge on any atom is -0.481 e. The average Bonchev–Trinajstić information content (AvgIpc) is 2.27. The quantitative estimate of drug-likeness (QED) is 0.759. The number of likely N-dealkylation sites (tertiary alicyclic amines) is 1. The molecule has 0 aromatic rings. The molecule has 1 heterocycles. The van der Waals surface area contributed by atoms with Crippen molar-refractivity contribution in [3.8, 4) is 0 Å². The Morgan fingerprint density at radius 2 is 1.88 bits per heavy atom. The summed E-state index contributed by atoms with van der Waals surface area (Å²) in [6.45, 7) is 5.13. The molecule has 0 aromatic heterocycles. The number of aliphatic carboxylic acids is 1. The Morgan fingerprint density at radius 1 is 1.35 bits per heavy atom. The smallest absolute Gasteiger partial charge is 0.303 e. The lowest BCUT2D eigenvalue weighted by Gasteiger charge is -2.33. The van der Waals surface area contributed by atoms with Crippen molar-refractivity contribution < 1.29 is 14.7 Å². The summed E-state index contributed by atoms with van der Waals surface area (Å²) >= 11 is 0. The van der Waals surface area contributed by atoms with Gasteiger partial charge in [0.2, 0.25) is 5.91 Å². The summed E-state index contributed by atoms with van der Waals surface area (Å²) in [5, 5.41) is 8.70. The minimum absolute atomic E-state index is 0.00576. The number of hydrogen-bond donors (Lipinski definition) is 2. The zero-order valence-corrected chi connectivity index (χ0v) is 10.6. The van der Waals surface area contributed by atoms with Crippen LogP contribution in [-0.2, 0) is 9.59 Å². The van der Waals surface area contributed by atoms with Crippen molar-refractivity contribution in [1.82, 2.24) is 4.90 Å². The summed E-state index contributed by atoms with van der Waals surface area (Å²) in [7, 11) is 0. The molecule has 0 bridgehead atoms. The van der Waals surface area contributed by atoms with E-state index in [2.05, 4.69) is 0 Å². The summed E-state index contributed by atoms with van der Waals surface area (Å²) in [4.78, 5) is 24.3. The van der Waals surface area contributed by atoms with Crippen molar-refractivity contribution in [2.75, 3.05) is 13.1 Å². The first kappa shape index (κ1) is 14.0. The summed E-state index contributed by atoms with van der Waals surface area (Å²) in [5.41, 5.74) is 5.82. The summed E-state index contributed by atoms with van der Waals surface area (Å²) < 4.78 is 0. The first-order valence-electron chi connectivity index (χ1n) is 6.18. The van der Waals surface area contributed by atoms with Gasteiger partial charge in [-0.15, -0.1) is 0 Å². The maximum Gasteiger partial charge on any atom is 0.303 e. The topological polar surface area (TPSA) is 83.6 Å². The number of rotatable bonds is 4. The third-order valence-corrected chi connectivity index (χ3v) is 3.39. The highest BCUT2D eigenvalue weighted by atomic mass is 16.4. The van der Waals surface area contributed by atoms with Gasteiger partial charge in [0, 0.05) is 19.5 Å². The summed E-state index contributed by atoms with van der Waals surface area (Å²) in [6, 6.07) is -0.439. The van der Waals surface area contributed by atoms with E-state index in [9.17, 15) is 9.59 Å². The zero-order valence-electron chi connectivity index (χ0n) is 10.6. The number of carboxylic acids is 1. The monoisotopic (exact) mass is 242 g/mol. The summed E-state index contributed by atoms with van der Waals surface area (Å²) in [5.74, 6) is -0.423. The average molecular weight is 242 g/mol. The lowest BCUT2D eigenvalue weighted by molar-refractivity contribution is -0.139. The highest BCUT2D eigenvalue weighted by Gasteiger charge is 2.28. The molecule has 17 heavy (non-hydrogen) atoms. The summed E-state index contributed by atoms with van der Waals surface area (Å²) in [6.07, 6.45) is 1.74. The zero-order chi connectivity index (χ0) is 13.0. The van der Waals surface area contributed by atoms with Crippen molar-refractivity contribution in [3.63, 3.8) is 0 Å². The van der Waals surface area contributed by atoms with E-state index in [1.165, 1.54) is 0 Å². The van der Waals surface area contributed by atoms with E-state index in [0.29, 0.717) is 13.1 Å². The van der Waals surface area contributed by atoms with Crippen LogP contribution in [0, 0.1) is 11.8 Å². The van der Waals surface area contributed by atoms with Crippen molar-refractivity contribution in [2.24, 2.45) is 17.6 Å². The highest BCUT2D eigenvalue weighted by molar-refractivity contribution is 5.82. The molecule has 3 N–H and O–H groups in total. The van der Waals surface area contributed by atoms with Gasteiger partial charge in [0.1, 0.15) is 0 Å². The van der Waals surface area contributed by atoms with E-state index in [0.717, 1.165) is 12.8 Å². The maximum absolute atomic E-state index is 12.0. The molecule has 1 unspecified atom stereocenters. The van der Waals surface area contributed by atoms with Gasteiger partial charge in [-0.2, -0.15) is 0 Å². The van der Waals surface area contributed by atoms with Crippen LogP contribution in [-0.4, -0.2) is 41.0 Å². The van der Waals surface area contributed by atoms with Gasteiger partial charge in [-0.05, 0) is 24.7 Å². The number of amides is 1. The fourth-order valence-corrected chi connectivity index (χ4v) is 2.10. The molecule has 1 saturated heterocycles. The Balaban J connectivity index is 2.41. The number of carbonyl (C=O) groups excluding carboxylic acids is 1. The van der Waals surface area contributed by atoms with E-state index >= 15 is 0 Å². The second kappa shape index (κ2) is 6.00. The van der Waals surface area contributed by atoms with Crippen LogP contribution in [0.25, 0.3) is 0 Å². The number of piperidine rings is 1. The van der Waals surface area contributed by atoms with Crippen LogP contribution in [0.1, 0.15) is 33.1 Å². The highest BCUT2D eigenvalue weighted by Crippen LogP contribution is 2.21. The van der Waals surface area contributed by atoms with Crippen LogP contribution in [0.15, 0.2) is 0 Å². The molecule has 1 aliphatic rings. The first-order valence-corrected chi connectivity index (χ1v) is 6.18. The van der Waals surface area contributed by atoms with Gasteiger partial charge < -0.3 is 15.7 Å². The Labute approximate surface area is 102 Å². The van der Waals surface area contributed by atoms with Gasteiger partial charge in [0.25, 0.3) is 0 Å². The Morgan fingerprint density at radius 3 is 2.29 bits per heavy atom. The van der Waals surface area contributed by atoms with E-state index in [1.54, 1.807) is 4.90 Å². The molecule has 1 atom stereocenters. The number of nitrogens with two attached hydrogens (primary N) is 1. The van der Waals surface area contributed by atoms with Gasteiger partial charge >= 0.3 is 5.97 Å². The van der Waals surface area contributed by atoms with Crippen molar-refractivity contribution in [1.29, 1.82) is 0 Å². The molecular formula is C12H22N2O3. The second-order valence-electron chi connectivity index (χ2n) is 5.14. The molecular weight excluding hydrogens is 220 g/mol. The number of nitrogens with zero attached hydrogens (tertiary/aromatic N) is 1. The normalized spacial score (nSPS) is 19.4. The molecule has 0 aromatic carbocycles. The van der Waals surface area contributed by atoms with Crippen LogP contribution in [0.4, 0.5) is 0 Å². The molecule has 0 spiro atoms. The van der Waals surface area contributed by atoms with Gasteiger partial charge in [-0.25, -0.2) is 0 Å². The van der Waals surface area contributed by atoms with Crippen molar-refractivity contribution >= 4 is 11.9 Å². The lowest BCUT2D eigenvalue weighted by Crippen LogP contribution is -2.49. The van der Waals surface area contributed by atoms with E-state index < -0.39 is 12.0 Å². The first-order chi connectivity index (χ1) is 7.91. The fourth-order valence-electron chi connectivity index (χ4n) is 2.10. The van der Waals surface area contributed by atoms with Crippen LogP contribution in [0.5, 0.6) is 0 Å². The molecule has 1 aliphatic heterocycles. The molecule has 0 saturated carbocycles. The molecule has 5 nitrogen and oxygen atoms in total. The standard InChI is InChI=1S/C12H22N2O3/c1-8(2)11(13)12(17)14-5-3-9(4-6-14)7-10(15)16/h8-9,11H,3-7,13H2,1-2H3,(H,15,16). The van der Waals surface area contributed by atoms with Crippen molar-refractivity contribution in [2.45, 2.75) is 39.2 Å². The van der Waals surface area contributed by atoms with E-state index in [-0.39, 0.29) is 24.2 Å². The Bertz CT molecular complexity index is 283. The molecule has 98 valence electrons. The molecule has 1 fully saturated rings. The Hall–Kier alpha value is -1.10. The molecule has 1 rings (SSSR count). The van der Waals surface area contributed by atoms with Gasteiger partial charge in [0.05, 0.1) is 6.04 Å². The van der Waals surface area contributed by atoms with Gasteiger partial charge in [-0.1, -0.05) is 13.8 Å². The van der Waals surface area contributed by atoms with E-state index in [4.69, 9.17) is 10.8 Å². The predicted octanol–water partition coefficient (Wildman–Crippen LogP) is 0.683. The number of hydrogen-bond acceptors (Lipinski definition) is 3. The number of carboxylic acid groups (broad SMARTS) is 1. The predicted molar refractivity (Wildman–Crippen MR) is 64.4 cm³/mol. The minimum atomic E-state index is -0.756. The number of carbonyl (C=O) groups is 2.